The van der Waals surface area contributed by atoms with Gasteiger partial charge in [0.15, 0.2) is 0 Å². The van der Waals surface area contributed by atoms with Crippen LogP contribution in [-0.4, -0.2) is 55.3 Å². The minimum atomic E-state index is -0.0274. The second kappa shape index (κ2) is 10.1. The van der Waals surface area contributed by atoms with Crippen LogP contribution in [-0.2, 0) is 4.74 Å². The average Bonchev–Trinajstić information content (AvgIpc) is 2.72. The fourth-order valence-corrected chi connectivity index (χ4v) is 3.23. The molecule has 144 valence electrons. The number of phenols is 1. The van der Waals surface area contributed by atoms with Crippen molar-refractivity contribution in [2.45, 2.75) is 19.3 Å². The SMILES string of the molecule is O=C(NCCCCCN1CCOCC1)c1ccc(-c2ccc(O)cc2)cc1. The number of ether oxygens (including phenoxy) is 1. The van der Waals surface area contributed by atoms with E-state index in [9.17, 15) is 9.90 Å². The zero-order chi connectivity index (χ0) is 18.9. The number of hydrogen-bond donors (Lipinski definition) is 2. The highest BCUT2D eigenvalue weighted by Crippen LogP contribution is 2.22. The molecule has 2 N–H and O–H groups in total. The van der Waals surface area contributed by atoms with Gasteiger partial charge in [-0.05, 0) is 54.8 Å². The van der Waals surface area contributed by atoms with Gasteiger partial charge in [0.05, 0.1) is 13.2 Å². The first-order chi connectivity index (χ1) is 13.2. The summed E-state index contributed by atoms with van der Waals surface area (Å²) in [6.45, 7) is 5.61. The van der Waals surface area contributed by atoms with Crippen LogP contribution in [0.2, 0.25) is 0 Å². The van der Waals surface area contributed by atoms with E-state index >= 15 is 0 Å². The largest absolute Gasteiger partial charge is 0.508 e. The summed E-state index contributed by atoms with van der Waals surface area (Å²) in [4.78, 5) is 14.7. The molecule has 0 atom stereocenters. The van der Waals surface area contributed by atoms with E-state index in [4.69, 9.17) is 4.74 Å². The van der Waals surface area contributed by atoms with E-state index in [-0.39, 0.29) is 11.7 Å². The van der Waals surface area contributed by atoms with Crippen molar-refractivity contribution in [3.8, 4) is 16.9 Å². The molecule has 1 amide bonds. The molecule has 5 nitrogen and oxygen atoms in total. The Morgan fingerprint density at radius 2 is 1.56 bits per heavy atom. The van der Waals surface area contributed by atoms with Crippen LogP contribution in [0.4, 0.5) is 0 Å². The van der Waals surface area contributed by atoms with Gasteiger partial charge in [0, 0.05) is 25.2 Å². The van der Waals surface area contributed by atoms with Crippen LogP contribution in [0.1, 0.15) is 29.6 Å². The van der Waals surface area contributed by atoms with Gasteiger partial charge in [0.25, 0.3) is 5.91 Å². The number of phenolic OH excluding ortho intramolecular Hbond substituents is 1. The number of nitrogens with zero attached hydrogens (tertiary/aromatic N) is 1. The summed E-state index contributed by atoms with van der Waals surface area (Å²) < 4.78 is 5.35. The van der Waals surface area contributed by atoms with Gasteiger partial charge in [-0.15, -0.1) is 0 Å². The lowest BCUT2D eigenvalue weighted by molar-refractivity contribution is 0.0371. The van der Waals surface area contributed by atoms with Crippen molar-refractivity contribution < 1.29 is 14.6 Å². The number of hydrogen-bond acceptors (Lipinski definition) is 4. The number of rotatable bonds is 8. The second-order valence-corrected chi connectivity index (χ2v) is 6.89. The van der Waals surface area contributed by atoms with Crippen LogP contribution in [0.3, 0.4) is 0 Å². The van der Waals surface area contributed by atoms with Gasteiger partial charge in [-0.2, -0.15) is 0 Å². The number of unbranched alkanes of at least 4 members (excludes halogenated alkanes) is 2. The maximum absolute atomic E-state index is 12.3. The number of nitrogens with one attached hydrogen (secondary N) is 1. The first-order valence-electron chi connectivity index (χ1n) is 9.70. The van der Waals surface area contributed by atoms with Crippen LogP contribution < -0.4 is 5.32 Å². The second-order valence-electron chi connectivity index (χ2n) is 6.89. The van der Waals surface area contributed by atoms with Crippen LogP contribution >= 0.6 is 0 Å². The van der Waals surface area contributed by atoms with E-state index in [1.165, 1.54) is 0 Å². The van der Waals surface area contributed by atoms with Crippen molar-refractivity contribution in [2.24, 2.45) is 0 Å². The first-order valence-corrected chi connectivity index (χ1v) is 9.70. The van der Waals surface area contributed by atoms with Crippen LogP contribution in [0, 0.1) is 0 Å². The predicted octanol–water partition coefficient (Wildman–Crippen LogP) is 3.29. The maximum Gasteiger partial charge on any atom is 0.251 e. The molecule has 1 fully saturated rings. The van der Waals surface area contributed by atoms with Crippen LogP contribution in [0.15, 0.2) is 48.5 Å². The van der Waals surface area contributed by atoms with Crippen LogP contribution in [0.5, 0.6) is 5.75 Å². The summed E-state index contributed by atoms with van der Waals surface area (Å²) in [6, 6.07) is 14.6. The standard InChI is InChI=1S/C22H28N2O3/c25-21-10-8-19(9-11-21)18-4-6-20(7-5-18)22(26)23-12-2-1-3-13-24-14-16-27-17-15-24/h4-11,25H,1-3,12-17H2,(H,23,26). The molecule has 0 unspecified atom stereocenters. The van der Waals surface area contributed by atoms with Gasteiger partial charge in [-0.25, -0.2) is 0 Å². The van der Waals surface area contributed by atoms with E-state index in [2.05, 4.69) is 10.2 Å². The van der Waals surface area contributed by atoms with Gasteiger partial charge < -0.3 is 15.2 Å². The lowest BCUT2D eigenvalue weighted by Crippen LogP contribution is -2.36. The summed E-state index contributed by atoms with van der Waals surface area (Å²) in [5.41, 5.74) is 2.71. The Kier molecular flexibility index (Phi) is 7.25. The van der Waals surface area contributed by atoms with Gasteiger partial charge >= 0.3 is 0 Å². The van der Waals surface area contributed by atoms with Gasteiger partial charge in [0.2, 0.25) is 0 Å². The Hall–Kier alpha value is -2.37. The summed E-state index contributed by atoms with van der Waals surface area (Å²) in [5, 5.41) is 12.4. The third-order valence-corrected chi connectivity index (χ3v) is 4.89. The maximum atomic E-state index is 12.3. The number of carbonyl (C=O) groups is 1. The Bertz CT molecular complexity index is 707. The normalized spacial score (nSPS) is 14.8. The summed E-state index contributed by atoms with van der Waals surface area (Å²) >= 11 is 0. The zero-order valence-corrected chi connectivity index (χ0v) is 15.7. The summed E-state index contributed by atoms with van der Waals surface area (Å²) in [7, 11) is 0. The lowest BCUT2D eigenvalue weighted by atomic mass is 10.0. The summed E-state index contributed by atoms with van der Waals surface area (Å²) in [6.07, 6.45) is 3.29. The molecule has 3 rings (SSSR count). The molecule has 0 aromatic heterocycles. The molecule has 5 heteroatoms. The van der Waals surface area contributed by atoms with Gasteiger partial charge in [0.1, 0.15) is 5.75 Å². The molecule has 1 heterocycles. The van der Waals surface area contributed by atoms with Crippen molar-refractivity contribution >= 4 is 5.91 Å². The average molecular weight is 368 g/mol. The molecule has 0 radical (unpaired) electrons. The number of morpholine rings is 1. The molecule has 1 aliphatic rings. The fourth-order valence-electron chi connectivity index (χ4n) is 3.23. The number of amides is 1. The lowest BCUT2D eigenvalue weighted by Gasteiger charge is -2.26. The van der Waals surface area contributed by atoms with E-state index in [0.29, 0.717) is 12.1 Å². The molecule has 2 aromatic rings. The van der Waals surface area contributed by atoms with E-state index in [0.717, 1.165) is 63.2 Å². The summed E-state index contributed by atoms with van der Waals surface area (Å²) in [5.74, 6) is 0.222. The minimum Gasteiger partial charge on any atom is -0.508 e. The highest BCUT2D eigenvalue weighted by molar-refractivity contribution is 5.94. The van der Waals surface area contributed by atoms with Crippen molar-refractivity contribution in [2.75, 3.05) is 39.4 Å². The minimum absolute atomic E-state index is 0.0274. The number of benzene rings is 2. The third kappa shape index (κ3) is 6.08. The molecular formula is C22H28N2O3. The van der Waals surface area contributed by atoms with E-state index in [1.807, 2.05) is 36.4 Å². The van der Waals surface area contributed by atoms with Crippen molar-refractivity contribution in [3.63, 3.8) is 0 Å². The predicted molar refractivity (Wildman–Crippen MR) is 107 cm³/mol. The molecular weight excluding hydrogens is 340 g/mol. The van der Waals surface area contributed by atoms with E-state index < -0.39 is 0 Å². The molecule has 0 spiro atoms. The zero-order valence-electron chi connectivity index (χ0n) is 15.7. The van der Waals surface area contributed by atoms with Gasteiger partial charge in [-0.3, -0.25) is 9.69 Å². The Labute approximate surface area is 161 Å². The molecule has 0 aliphatic carbocycles. The first kappa shape index (κ1) is 19.4. The topological polar surface area (TPSA) is 61.8 Å². The number of aromatic hydroxyl groups is 1. The molecule has 1 saturated heterocycles. The Morgan fingerprint density at radius 3 is 2.22 bits per heavy atom. The third-order valence-electron chi connectivity index (χ3n) is 4.89. The highest BCUT2D eigenvalue weighted by atomic mass is 16.5. The van der Waals surface area contributed by atoms with E-state index in [1.54, 1.807) is 12.1 Å². The van der Waals surface area contributed by atoms with Crippen molar-refractivity contribution in [1.29, 1.82) is 0 Å². The molecule has 0 bridgehead atoms. The molecule has 0 saturated carbocycles. The van der Waals surface area contributed by atoms with Crippen molar-refractivity contribution in [3.05, 3.63) is 54.1 Å². The molecule has 27 heavy (non-hydrogen) atoms. The van der Waals surface area contributed by atoms with Gasteiger partial charge in [-0.1, -0.05) is 30.7 Å². The highest BCUT2D eigenvalue weighted by Gasteiger charge is 2.09. The Morgan fingerprint density at radius 1 is 0.926 bits per heavy atom. The fraction of sp³-hybridized carbons (Fsp3) is 0.409. The Balaban J connectivity index is 1.36. The smallest absolute Gasteiger partial charge is 0.251 e. The van der Waals surface area contributed by atoms with Crippen LogP contribution in [0.25, 0.3) is 11.1 Å². The number of carbonyl (C=O) groups excluding carboxylic acids is 1. The molecule has 2 aromatic carbocycles. The van der Waals surface area contributed by atoms with Crippen molar-refractivity contribution in [1.82, 2.24) is 10.2 Å². The quantitative estimate of drug-likeness (QED) is 0.702. The molecule has 1 aliphatic heterocycles. The monoisotopic (exact) mass is 368 g/mol.